The van der Waals surface area contributed by atoms with Crippen molar-refractivity contribution in [2.24, 2.45) is 0 Å². The normalized spacial score (nSPS) is 12.0. The fourth-order valence-electron chi connectivity index (χ4n) is 1.96. The Balaban J connectivity index is 2.29. The molecule has 0 saturated carbocycles. The summed E-state index contributed by atoms with van der Waals surface area (Å²) < 4.78 is 26.5. The highest BCUT2D eigenvalue weighted by atomic mass is 19.1. The number of hydrogen-bond acceptors (Lipinski definition) is 4. The lowest BCUT2D eigenvalue weighted by Crippen LogP contribution is -2.08. The highest BCUT2D eigenvalue weighted by molar-refractivity contribution is 5.53. The van der Waals surface area contributed by atoms with Crippen LogP contribution in [0.15, 0.2) is 36.4 Å². The quantitative estimate of drug-likeness (QED) is 0.665. The number of benzene rings is 2. The van der Waals surface area contributed by atoms with E-state index in [1.165, 1.54) is 6.07 Å². The number of phenols is 1. The number of anilines is 1. The minimum absolute atomic E-state index is 0.123. The van der Waals surface area contributed by atoms with Crippen molar-refractivity contribution in [3.05, 3.63) is 63.7 Å². The minimum Gasteiger partial charge on any atom is -0.508 e. The van der Waals surface area contributed by atoms with E-state index in [2.05, 4.69) is 5.32 Å². The maximum Gasteiger partial charge on any atom is 0.274 e. The van der Waals surface area contributed by atoms with Gasteiger partial charge in [-0.15, -0.1) is 0 Å². The van der Waals surface area contributed by atoms with E-state index in [0.29, 0.717) is 0 Å². The number of nitrogens with one attached hydrogen (secondary N) is 1. The number of rotatable bonds is 4. The van der Waals surface area contributed by atoms with Crippen molar-refractivity contribution in [3.63, 3.8) is 0 Å². The predicted molar refractivity (Wildman–Crippen MR) is 73.2 cm³/mol. The zero-order chi connectivity index (χ0) is 15.6. The van der Waals surface area contributed by atoms with E-state index in [-0.39, 0.29) is 17.0 Å². The first-order chi connectivity index (χ1) is 9.86. The first-order valence-electron chi connectivity index (χ1n) is 6.07. The molecule has 0 heterocycles. The van der Waals surface area contributed by atoms with Gasteiger partial charge >= 0.3 is 0 Å². The van der Waals surface area contributed by atoms with Crippen molar-refractivity contribution in [2.45, 2.75) is 13.0 Å². The van der Waals surface area contributed by atoms with E-state index in [1.54, 1.807) is 6.92 Å². The highest BCUT2D eigenvalue weighted by Gasteiger charge is 2.14. The maximum atomic E-state index is 13.3. The topological polar surface area (TPSA) is 75.4 Å². The number of halogens is 2. The number of phenolic OH excluding ortho intramolecular Hbond substituents is 1. The molecule has 7 heteroatoms. The summed E-state index contributed by atoms with van der Waals surface area (Å²) in [7, 11) is 0. The van der Waals surface area contributed by atoms with Crippen LogP contribution in [0.2, 0.25) is 0 Å². The second-order valence-electron chi connectivity index (χ2n) is 4.52. The van der Waals surface area contributed by atoms with E-state index in [0.717, 1.165) is 30.3 Å². The van der Waals surface area contributed by atoms with Gasteiger partial charge in [0, 0.05) is 17.3 Å². The van der Waals surface area contributed by atoms with Crippen molar-refractivity contribution in [1.29, 1.82) is 0 Å². The Hall–Kier alpha value is -2.70. The van der Waals surface area contributed by atoms with Gasteiger partial charge in [0.15, 0.2) is 0 Å². The zero-order valence-corrected chi connectivity index (χ0v) is 11.0. The molecule has 0 aliphatic heterocycles. The van der Waals surface area contributed by atoms with E-state index < -0.39 is 28.3 Å². The van der Waals surface area contributed by atoms with Gasteiger partial charge in [0.25, 0.3) is 5.69 Å². The van der Waals surface area contributed by atoms with Crippen LogP contribution < -0.4 is 5.32 Å². The zero-order valence-electron chi connectivity index (χ0n) is 11.0. The molecule has 21 heavy (non-hydrogen) atoms. The fraction of sp³-hybridized carbons (Fsp3) is 0.143. The van der Waals surface area contributed by atoms with E-state index >= 15 is 0 Å². The van der Waals surface area contributed by atoms with Crippen LogP contribution in [-0.4, -0.2) is 10.0 Å². The van der Waals surface area contributed by atoms with Gasteiger partial charge in [-0.25, -0.2) is 8.78 Å². The number of nitro benzene ring substituents is 1. The molecule has 0 bridgehead atoms. The van der Waals surface area contributed by atoms with Gasteiger partial charge in [-0.05, 0) is 31.2 Å². The van der Waals surface area contributed by atoms with Crippen LogP contribution in [0.5, 0.6) is 5.75 Å². The Bertz CT molecular complexity index is 692. The lowest BCUT2D eigenvalue weighted by molar-refractivity contribution is -0.385. The van der Waals surface area contributed by atoms with Crippen LogP contribution in [0.3, 0.4) is 0 Å². The summed E-state index contributed by atoms with van der Waals surface area (Å²) in [6.07, 6.45) is 0. The summed E-state index contributed by atoms with van der Waals surface area (Å²) in [6, 6.07) is 5.93. The molecule has 0 saturated heterocycles. The standard InChI is InChI=1S/C14H12F2N2O3/c1-8(13-6-9(15)2-3-14(13)19)17-11-4-10(16)5-12(7-11)18(20)21/h2-8,17,19H,1H3. The summed E-state index contributed by atoms with van der Waals surface area (Å²) >= 11 is 0. The molecule has 2 rings (SSSR count). The average molecular weight is 294 g/mol. The van der Waals surface area contributed by atoms with Gasteiger partial charge < -0.3 is 10.4 Å². The van der Waals surface area contributed by atoms with Gasteiger partial charge in [0.05, 0.1) is 17.0 Å². The third-order valence-electron chi connectivity index (χ3n) is 2.93. The van der Waals surface area contributed by atoms with Gasteiger partial charge in [-0.2, -0.15) is 0 Å². The summed E-state index contributed by atoms with van der Waals surface area (Å²) in [6.45, 7) is 1.62. The third-order valence-corrected chi connectivity index (χ3v) is 2.93. The van der Waals surface area contributed by atoms with Crippen LogP contribution >= 0.6 is 0 Å². The molecular formula is C14H12F2N2O3. The highest BCUT2D eigenvalue weighted by Crippen LogP contribution is 2.29. The second-order valence-corrected chi connectivity index (χ2v) is 4.52. The Labute approximate surface area is 119 Å². The Morgan fingerprint density at radius 1 is 1.19 bits per heavy atom. The number of nitrogens with zero attached hydrogens (tertiary/aromatic N) is 1. The summed E-state index contributed by atoms with van der Waals surface area (Å²) in [5.74, 6) is -1.41. The summed E-state index contributed by atoms with van der Waals surface area (Å²) in [5, 5.41) is 23.2. The third kappa shape index (κ3) is 3.44. The Morgan fingerprint density at radius 3 is 2.57 bits per heavy atom. The van der Waals surface area contributed by atoms with Gasteiger partial charge in [-0.1, -0.05) is 0 Å². The van der Waals surface area contributed by atoms with Crippen molar-refractivity contribution in [2.75, 3.05) is 5.32 Å². The van der Waals surface area contributed by atoms with Gasteiger partial charge in [0.2, 0.25) is 0 Å². The predicted octanol–water partition coefficient (Wildman–Crippen LogP) is 3.75. The molecule has 0 aromatic heterocycles. The molecule has 5 nitrogen and oxygen atoms in total. The molecule has 110 valence electrons. The summed E-state index contributed by atoms with van der Waals surface area (Å²) in [5.41, 5.74) is 0.0351. The maximum absolute atomic E-state index is 13.3. The molecule has 0 fully saturated rings. The van der Waals surface area contributed by atoms with Crippen molar-refractivity contribution in [3.8, 4) is 5.75 Å². The van der Waals surface area contributed by atoms with Crippen LogP contribution in [0.25, 0.3) is 0 Å². The fourth-order valence-corrected chi connectivity index (χ4v) is 1.96. The second kappa shape index (κ2) is 5.74. The average Bonchev–Trinajstić information content (AvgIpc) is 2.40. The first kappa shape index (κ1) is 14.7. The van der Waals surface area contributed by atoms with Crippen molar-refractivity contribution < 1.29 is 18.8 Å². The van der Waals surface area contributed by atoms with Gasteiger partial charge in [-0.3, -0.25) is 10.1 Å². The molecule has 1 unspecified atom stereocenters. The van der Waals surface area contributed by atoms with Gasteiger partial charge in [0.1, 0.15) is 17.4 Å². The Kier molecular flexibility index (Phi) is 4.02. The minimum atomic E-state index is -0.762. The van der Waals surface area contributed by atoms with Crippen LogP contribution in [0.4, 0.5) is 20.2 Å². The number of non-ortho nitro benzene ring substituents is 1. The molecule has 0 radical (unpaired) electrons. The van der Waals surface area contributed by atoms with E-state index in [9.17, 15) is 24.0 Å². The molecule has 0 spiro atoms. The van der Waals surface area contributed by atoms with E-state index in [1.807, 2.05) is 0 Å². The van der Waals surface area contributed by atoms with Crippen molar-refractivity contribution >= 4 is 11.4 Å². The van der Waals surface area contributed by atoms with E-state index in [4.69, 9.17) is 0 Å². The van der Waals surface area contributed by atoms with Crippen LogP contribution in [-0.2, 0) is 0 Å². The molecule has 2 N–H and O–H groups in total. The lowest BCUT2D eigenvalue weighted by atomic mass is 10.1. The van der Waals surface area contributed by atoms with Crippen LogP contribution in [0.1, 0.15) is 18.5 Å². The molecule has 0 aliphatic rings. The molecule has 2 aromatic rings. The Morgan fingerprint density at radius 2 is 1.90 bits per heavy atom. The van der Waals surface area contributed by atoms with Crippen LogP contribution in [0, 0.1) is 21.7 Å². The molecular weight excluding hydrogens is 282 g/mol. The largest absolute Gasteiger partial charge is 0.508 e. The lowest BCUT2D eigenvalue weighted by Gasteiger charge is -2.17. The number of nitro groups is 1. The molecule has 2 aromatic carbocycles. The smallest absolute Gasteiger partial charge is 0.274 e. The first-order valence-corrected chi connectivity index (χ1v) is 6.07. The monoisotopic (exact) mass is 294 g/mol. The molecule has 0 aliphatic carbocycles. The SMILES string of the molecule is CC(Nc1cc(F)cc([N+](=O)[O-])c1)c1cc(F)ccc1O. The molecule has 1 atom stereocenters. The van der Waals surface area contributed by atoms with Crippen molar-refractivity contribution in [1.82, 2.24) is 0 Å². The summed E-state index contributed by atoms with van der Waals surface area (Å²) in [4.78, 5) is 9.97. The number of aromatic hydroxyl groups is 1. The molecule has 0 amide bonds. The number of hydrogen-bond donors (Lipinski definition) is 2.